The third-order valence-corrected chi connectivity index (χ3v) is 2.71. The highest BCUT2D eigenvalue weighted by Crippen LogP contribution is 2.10. The van der Waals surface area contributed by atoms with E-state index < -0.39 is 12.0 Å². The molecule has 2 rings (SSSR count). The summed E-state index contributed by atoms with van der Waals surface area (Å²) in [5.74, 6) is -1.44. The average Bonchev–Trinajstić information content (AvgIpc) is 2.45. The van der Waals surface area contributed by atoms with Crippen LogP contribution < -0.4 is 10.6 Å². The van der Waals surface area contributed by atoms with Crippen LogP contribution in [0.2, 0.25) is 0 Å². The molecule has 0 saturated carbocycles. The third-order valence-electron chi connectivity index (χ3n) is 2.71. The van der Waals surface area contributed by atoms with Crippen molar-refractivity contribution < 1.29 is 19.1 Å². The second-order valence-corrected chi connectivity index (χ2v) is 4.32. The van der Waals surface area contributed by atoms with Crippen LogP contribution in [0.4, 0.5) is 14.9 Å². The third kappa shape index (κ3) is 4.31. The standard InChI is InChI=1S/C15H13FN2O3/c16-12-5-1-3-10(7-12)9-17-15(21)18-13-6-2-4-11(8-13)14(19)20/h1-8H,9H2,(H,19,20)(H2,17,18,21). The van der Waals surface area contributed by atoms with Crippen molar-refractivity contribution in [1.29, 1.82) is 0 Å². The van der Waals surface area contributed by atoms with Crippen LogP contribution in [0.3, 0.4) is 0 Å². The van der Waals surface area contributed by atoms with Gasteiger partial charge in [-0.1, -0.05) is 18.2 Å². The van der Waals surface area contributed by atoms with Gasteiger partial charge in [0.1, 0.15) is 5.82 Å². The highest BCUT2D eigenvalue weighted by molar-refractivity contribution is 5.93. The van der Waals surface area contributed by atoms with Gasteiger partial charge in [0.05, 0.1) is 5.56 Å². The first-order valence-electron chi connectivity index (χ1n) is 6.17. The number of hydrogen-bond acceptors (Lipinski definition) is 2. The Labute approximate surface area is 120 Å². The van der Waals surface area contributed by atoms with E-state index in [1.807, 2.05) is 0 Å². The summed E-state index contributed by atoms with van der Waals surface area (Å²) in [5.41, 5.74) is 1.08. The zero-order valence-corrected chi connectivity index (χ0v) is 11.0. The Hall–Kier alpha value is -2.89. The predicted octanol–water partition coefficient (Wildman–Crippen LogP) is 2.85. The zero-order valence-electron chi connectivity index (χ0n) is 11.0. The number of carbonyl (C=O) groups excluding carboxylic acids is 1. The van der Waals surface area contributed by atoms with Gasteiger partial charge in [-0.15, -0.1) is 0 Å². The number of carboxylic acids is 1. The maximum absolute atomic E-state index is 13.0. The van der Waals surface area contributed by atoms with Crippen LogP contribution in [0.25, 0.3) is 0 Å². The van der Waals surface area contributed by atoms with E-state index in [-0.39, 0.29) is 17.9 Å². The molecule has 2 amide bonds. The number of anilines is 1. The first-order valence-corrected chi connectivity index (χ1v) is 6.17. The summed E-state index contributed by atoms with van der Waals surface area (Å²) in [6.07, 6.45) is 0. The fourth-order valence-electron chi connectivity index (χ4n) is 1.73. The van der Waals surface area contributed by atoms with Crippen molar-refractivity contribution in [2.24, 2.45) is 0 Å². The van der Waals surface area contributed by atoms with Crippen molar-refractivity contribution in [3.63, 3.8) is 0 Å². The van der Waals surface area contributed by atoms with Crippen LogP contribution >= 0.6 is 0 Å². The Morgan fingerprint density at radius 3 is 2.57 bits per heavy atom. The van der Waals surface area contributed by atoms with Gasteiger partial charge in [0, 0.05) is 12.2 Å². The van der Waals surface area contributed by atoms with Gasteiger partial charge in [0.15, 0.2) is 0 Å². The second kappa shape index (κ2) is 6.51. The average molecular weight is 288 g/mol. The van der Waals surface area contributed by atoms with Gasteiger partial charge < -0.3 is 15.7 Å². The number of hydrogen-bond donors (Lipinski definition) is 3. The number of rotatable bonds is 4. The van der Waals surface area contributed by atoms with E-state index >= 15 is 0 Å². The molecule has 108 valence electrons. The van der Waals surface area contributed by atoms with E-state index in [1.165, 1.54) is 30.3 Å². The highest BCUT2D eigenvalue weighted by Gasteiger charge is 2.06. The maximum Gasteiger partial charge on any atom is 0.335 e. The van der Waals surface area contributed by atoms with E-state index in [0.717, 1.165) is 0 Å². The molecule has 6 heteroatoms. The van der Waals surface area contributed by atoms with E-state index in [4.69, 9.17) is 5.11 Å². The van der Waals surface area contributed by atoms with Gasteiger partial charge in [-0.25, -0.2) is 14.0 Å². The van der Waals surface area contributed by atoms with Gasteiger partial charge in [0.25, 0.3) is 0 Å². The number of benzene rings is 2. The van der Waals surface area contributed by atoms with Crippen LogP contribution in [-0.4, -0.2) is 17.1 Å². The molecule has 21 heavy (non-hydrogen) atoms. The molecule has 0 aliphatic rings. The number of aromatic carboxylic acids is 1. The summed E-state index contributed by atoms with van der Waals surface area (Å²) in [7, 11) is 0. The molecule has 0 saturated heterocycles. The lowest BCUT2D eigenvalue weighted by Crippen LogP contribution is -2.28. The Morgan fingerprint density at radius 2 is 1.86 bits per heavy atom. The smallest absolute Gasteiger partial charge is 0.335 e. The van der Waals surface area contributed by atoms with Crippen molar-refractivity contribution in [3.8, 4) is 0 Å². The Bertz CT molecular complexity index is 673. The van der Waals surface area contributed by atoms with Gasteiger partial charge in [-0.2, -0.15) is 0 Å². The topological polar surface area (TPSA) is 78.4 Å². The molecule has 0 aliphatic carbocycles. The molecule has 3 N–H and O–H groups in total. The number of halogens is 1. The van der Waals surface area contributed by atoms with E-state index in [1.54, 1.807) is 18.2 Å². The second-order valence-electron chi connectivity index (χ2n) is 4.32. The first kappa shape index (κ1) is 14.5. The number of nitrogens with one attached hydrogen (secondary N) is 2. The molecule has 0 atom stereocenters. The molecule has 2 aromatic rings. The van der Waals surface area contributed by atoms with Crippen LogP contribution in [0.15, 0.2) is 48.5 Å². The molecule has 0 heterocycles. The lowest BCUT2D eigenvalue weighted by atomic mass is 10.2. The molecule has 5 nitrogen and oxygen atoms in total. The lowest BCUT2D eigenvalue weighted by Gasteiger charge is -2.08. The number of amides is 2. The minimum Gasteiger partial charge on any atom is -0.478 e. The Morgan fingerprint density at radius 1 is 1.10 bits per heavy atom. The molecule has 0 spiro atoms. The molecular weight excluding hydrogens is 275 g/mol. The fraction of sp³-hybridized carbons (Fsp3) is 0.0667. The number of carboxylic acid groups (broad SMARTS) is 1. The fourth-order valence-corrected chi connectivity index (χ4v) is 1.73. The minimum absolute atomic E-state index is 0.0814. The SMILES string of the molecule is O=C(NCc1cccc(F)c1)Nc1cccc(C(=O)O)c1. The minimum atomic E-state index is -1.07. The van der Waals surface area contributed by atoms with E-state index in [2.05, 4.69) is 10.6 Å². The molecule has 0 radical (unpaired) electrons. The molecule has 0 bridgehead atoms. The molecule has 0 unspecified atom stereocenters. The zero-order chi connectivity index (χ0) is 15.2. The summed E-state index contributed by atoms with van der Waals surface area (Å²) >= 11 is 0. The van der Waals surface area contributed by atoms with Gasteiger partial charge in [-0.05, 0) is 35.9 Å². The van der Waals surface area contributed by atoms with Gasteiger partial charge in [-0.3, -0.25) is 0 Å². The van der Waals surface area contributed by atoms with Crippen LogP contribution in [0.1, 0.15) is 15.9 Å². The number of carbonyl (C=O) groups is 2. The van der Waals surface area contributed by atoms with Crippen LogP contribution in [0, 0.1) is 5.82 Å². The maximum atomic E-state index is 13.0. The summed E-state index contributed by atoms with van der Waals surface area (Å²) in [5, 5.41) is 13.9. The highest BCUT2D eigenvalue weighted by atomic mass is 19.1. The van der Waals surface area contributed by atoms with Crippen LogP contribution in [0.5, 0.6) is 0 Å². The normalized spacial score (nSPS) is 9.95. The largest absolute Gasteiger partial charge is 0.478 e. The first-order chi connectivity index (χ1) is 10.0. The molecule has 2 aromatic carbocycles. The molecule has 0 fully saturated rings. The van der Waals surface area contributed by atoms with Crippen molar-refractivity contribution in [1.82, 2.24) is 5.32 Å². The number of urea groups is 1. The molecule has 0 aromatic heterocycles. The van der Waals surface area contributed by atoms with Gasteiger partial charge in [0.2, 0.25) is 0 Å². The van der Waals surface area contributed by atoms with Crippen molar-refractivity contribution in [3.05, 3.63) is 65.5 Å². The lowest BCUT2D eigenvalue weighted by molar-refractivity contribution is 0.0697. The summed E-state index contributed by atoms with van der Waals surface area (Å²) < 4.78 is 13.0. The summed E-state index contributed by atoms with van der Waals surface area (Å²) in [6.45, 7) is 0.169. The predicted molar refractivity (Wildman–Crippen MR) is 75.7 cm³/mol. The van der Waals surface area contributed by atoms with E-state index in [0.29, 0.717) is 11.3 Å². The van der Waals surface area contributed by atoms with Gasteiger partial charge >= 0.3 is 12.0 Å². The monoisotopic (exact) mass is 288 g/mol. The summed E-state index contributed by atoms with van der Waals surface area (Å²) in [4.78, 5) is 22.5. The summed E-state index contributed by atoms with van der Waals surface area (Å²) in [6, 6.07) is 11.3. The van der Waals surface area contributed by atoms with Crippen LogP contribution in [-0.2, 0) is 6.54 Å². The molecule has 0 aliphatic heterocycles. The Balaban J connectivity index is 1.93. The van der Waals surface area contributed by atoms with Crippen molar-refractivity contribution >= 4 is 17.7 Å². The van der Waals surface area contributed by atoms with Crippen molar-refractivity contribution in [2.45, 2.75) is 6.54 Å². The van der Waals surface area contributed by atoms with E-state index in [9.17, 15) is 14.0 Å². The Kier molecular flexibility index (Phi) is 4.50. The quantitative estimate of drug-likeness (QED) is 0.809. The van der Waals surface area contributed by atoms with Crippen molar-refractivity contribution in [2.75, 3.05) is 5.32 Å². The molecular formula is C15H13FN2O3.